The van der Waals surface area contributed by atoms with Crippen molar-refractivity contribution in [2.24, 2.45) is 0 Å². The van der Waals surface area contributed by atoms with Gasteiger partial charge < -0.3 is 9.30 Å². The topological polar surface area (TPSA) is 58.3 Å². The van der Waals surface area contributed by atoms with Gasteiger partial charge in [-0.05, 0) is 55.0 Å². The molecule has 0 aliphatic carbocycles. The van der Waals surface area contributed by atoms with Crippen molar-refractivity contribution in [1.29, 1.82) is 5.26 Å². The van der Waals surface area contributed by atoms with Crippen LogP contribution in [0.2, 0.25) is 0 Å². The molecule has 1 amide bonds. The van der Waals surface area contributed by atoms with Gasteiger partial charge in [-0.15, -0.1) is 0 Å². The number of nitrogens with zero attached hydrogens (tertiary/aromatic N) is 3. The standard InChI is InChI=1S/C28H21N3O2S2/c1-18-24(15-26-27(32)31(28(34)35-26)21-11-13-22(33-2)14-12-21)23-9-5-6-10-25(23)30(18)17-20-8-4-3-7-19(20)16-29/h3-15H,17H2,1-2H3/b26-15+. The number of ether oxygens (including phenoxy) is 1. The largest absolute Gasteiger partial charge is 0.497 e. The highest BCUT2D eigenvalue weighted by Gasteiger charge is 2.33. The second kappa shape index (κ2) is 9.41. The van der Waals surface area contributed by atoms with E-state index in [4.69, 9.17) is 17.0 Å². The molecule has 0 spiro atoms. The molecule has 1 saturated heterocycles. The molecule has 0 bridgehead atoms. The Morgan fingerprint density at radius 2 is 1.77 bits per heavy atom. The summed E-state index contributed by atoms with van der Waals surface area (Å²) in [6, 6.07) is 25.3. The number of thioether (sulfide) groups is 1. The zero-order valence-electron chi connectivity index (χ0n) is 19.2. The van der Waals surface area contributed by atoms with Gasteiger partial charge >= 0.3 is 0 Å². The molecule has 0 saturated carbocycles. The number of amides is 1. The second-order valence-electron chi connectivity index (χ2n) is 8.09. The number of carbonyl (C=O) groups excluding carboxylic acids is 1. The minimum atomic E-state index is -0.142. The lowest BCUT2D eigenvalue weighted by Crippen LogP contribution is -2.27. The van der Waals surface area contributed by atoms with Gasteiger partial charge in [0.25, 0.3) is 5.91 Å². The number of thiocarbonyl (C=S) groups is 1. The summed E-state index contributed by atoms with van der Waals surface area (Å²) >= 11 is 6.87. The normalized spacial score (nSPS) is 14.7. The first-order valence-electron chi connectivity index (χ1n) is 11.0. The summed E-state index contributed by atoms with van der Waals surface area (Å²) in [6.45, 7) is 2.61. The van der Waals surface area contributed by atoms with Crippen molar-refractivity contribution >= 4 is 56.9 Å². The monoisotopic (exact) mass is 495 g/mol. The third-order valence-electron chi connectivity index (χ3n) is 6.15. The van der Waals surface area contributed by atoms with E-state index in [-0.39, 0.29) is 5.91 Å². The smallest absolute Gasteiger partial charge is 0.270 e. The zero-order chi connectivity index (χ0) is 24.5. The number of para-hydroxylation sites is 1. The molecule has 1 aliphatic heterocycles. The van der Waals surface area contributed by atoms with Gasteiger partial charge in [0, 0.05) is 28.7 Å². The van der Waals surface area contributed by atoms with Gasteiger partial charge in [-0.25, -0.2) is 0 Å². The molecule has 172 valence electrons. The number of anilines is 1. The van der Waals surface area contributed by atoms with Crippen LogP contribution in [0.1, 0.15) is 22.4 Å². The molecule has 0 atom stereocenters. The van der Waals surface area contributed by atoms with Gasteiger partial charge in [0.05, 0.1) is 29.3 Å². The summed E-state index contributed by atoms with van der Waals surface area (Å²) in [5, 5.41) is 10.6. The molecular weight excluding hydrogens is 474 g/mol. The van der Waals surface area contributed by atoms with Crippen LogP contribution in [0.25, 0.3) is 17.0 Å². The Kier molecular flexibility index (Phi) is 6.16. The van der Waals surface area contributed by atoms with Gasteiger partial charge in [0.1, 0.15) is 5.75 Å². The summed E-state index contributed by atoms with van der Waals surface area (Å²) < 4.78 is 7.92. The Balaban J connectivity index is 1.56. The first-order valence-corrected chi connectivity index (χ1v) is 12.2. The van der Waals surface area contributed by atoms with Crippen molar-refractivity contribution in [3.63, 3.8) is 0 Å². The number of rotatable bonds is 5. The van der Waals surface area contributed by atoms with Gasteiger partial charge in [-0.3, -0.25) is 9.69 Å². The molecule has 1 fully saturated rings. The van der Waals surface area contributed by atoms with Crippen LogP contribution in [0.4, 0.5) is 5.69 Å². The van der Waals surface area contributed by atoms with Gasteiger partial charge in [0.2, 0.25) is 0 Å². The van der Waals surface area contributed by atoms with Crippen LogP contribution in [0.15, 0.2) is 77.7 Å². The van der Waals surface area contributed by atoms with Crippen LogP contribution in [-0.2, 0) is 11.3 Å². The highest BCUT2D eigenvalue weighted by molar-refractivity contribution is 8.27. The van der Waals surface area contributed by atoms with E-state index in [1.807, 2.05) is 73.7 Å². The molecule has 5 nitrogen and oxygen atoms in total. The molecule has 3 aromatic carbocycles. The Labute approximate surface area is 213 Å². The maximum Gasteiger partial charge on any atom is 0.270 e. The van der Waals surface area contributed by atoms with E-state index in [1.165, 1.54) is 11.8 Å². The maximum absolute atomic E-state index is 13.4. The first kappa shape index (κ1) is 22.9. The predicted octanol–water partition coefficient (Wildman–Crippen LogP) is 6.28. The fourth-order valence-electron chi connectivity index (χ4n) is 4.33. The summed E-state index contributed by atoms with van der Waals surface area (Å²) in [6.07, 6.45) is 1.94. The fourth-order valence-corrected chi connectivity index (χ4v) is 5.61. The molecule has 5 rings (SSSR count). The van der Waals surface area contributed by atoms with Crippen molar-refractivity contribution in [1.82, 2.24) is 4.57 Å². The Morgan fingerprint density at radius 3 is 2.51 bits per heavy atom. The minimum Gasteiger partial charge on any atom is -0.497 e. The number of fused-ring (bicyclic) bond motifs is 1. The molecule has 0 unspecified atom stereocenters. The van der Waals surface area contributed by atoms with Crippen LogP contribution < -0.4 is 9.64 Å². The Morgan fingerprint density at radius 1 is 1.06 bits per heavy atom. The minimum absolute atomic E-state index is 0.142. The lowest BCUT2D eigenvalue weighted by molar-refractivity contribution is -0.113. The summed E-state index contributed by atoms with van der Waals surface area (Å²) in [7, 11) is 1.61. The lowest BCUT2D eigenvalue weighted by Gasteiger charge is -2.14. The van der Waals surface area contributed by atoms with Gasteiger partial charge in [-0.2, -0.15) is 5.26 Å². The SMILES string of the molecule is COc1ccc(N2C(=O)/C(=C\c3c(C)n(Cc4ccccc4C#N)c4ccccc34)SC2=S)cc1. The van der Waals surface area contributed by atoms with Crippen molar-refractivity contribution in [3.05, 3.63) is 100 Å². The van der Waals surface area contributed by atoms with Crippen LogP contribution >= 0.6 is 24.0 Å². The fraction of sp³-hybridized carbons (Fsp3) is 0.107. The summed E-state index contributed by atoms with van der Waals surface area (Å²) in [4.78, 5) is 15.5. The maximum atomic E-state index is 13.4. The number of aromatic nitrogens is 1. The van der Waals surface area contributed by atoms with Crippen LogP contribution in [-0.4, -0.2) is 21.9 Å². The highest BCUT2D eigenvalue weighted by Crippen LogP contribution is 2.38. The average molecular weight is 496 g/mol. The van der Waals surface area contributed by atoms with Gasteiger partial charge in [-0.1, -0.05) is 60.4 Å². The predicted molar refractivity (Wildman–Crippen MR) is 146 cm³/mol. The van der Waals surface area contributed by atoms with Crippen LogP contribution in [0.3, 0.4) is 0 Å². The van der Waals surface area contributed by atoms with E-state index in [2.05, 4.69) is 22.8 Å². The molecular formula is C28H21N3O2S2. The highest BCUT2D eigenvalue weighted by atomic mass is 32.2. The number of carbonyl (C=O) groups is 1. The molecule has 1 aliphatic rings. The van der Waals surface area contributed by atoms with Crippen LogP contribution in [0, 0.1) is 18.3 Å². The second-order valence-corrected chi connectivity index (χ2v) is 9.76. The third kappa shape index (κ3) is 4.12. The number of methoxy groups -OCH3 is 1. The average Bonchev–Trinajstić information content (AvgIpc) is 3.32. The van der Waals surface area contributed by atoms with E-state index in [9.17, 15) is 10.1 Å². The lowest BCUT2D eigenvalue weighted by atomic mass is 10.1. The third-order valence-corrected chi connectivity index (χ3v) is 7.45. The number of hydrogen-bond acceptors (Lipinski definition) is 5. The van der Waals surface area contributed by atoms with E-state index in [0.717, 1.165) is 33.5 Å². The molecule has 1 aromatic heterocycles. The zero-order valence-corrected chi connectivity index (χ0v) is 20.8. The number of hydrogen-bond donors (Lipinski definition) is 0. The van der Waals surface area contributed by atoms with Crippen molar-refractivity contribution < 1.29 is 9.53 Å². The quantitative estimate of drug-likeness (QED) is 0.241. The molecule has 35 heavy (non-hydrogen) atoms. The van der Waals surface area contributed by atoms with E-state index >= 15 is 0 Å². The van der Waals surface area contributed by atoms with Crippen molar-refractivity contribution in [2.45, 2.75) is 13.5 Å². The molecule has 7 heteroatoms. The van der Waals surface area contributed by atoms with E-state index in [1.54, 1.807) is 12.0 Å². The van der Waals surface area contributed by atoms with Crippen LogP contribution in [0.5, 0.6) is 5.75 Å². The van der Waals surface area contributed by atoms with Crippen molar-refractivity contribution in [2.75, 3.05) is 12.0 Å². The number of benzene rings is 3. The summed E-state index contributed by atoms with van der Waals surface area (Å²) in [5.41, 5.74) is 5.38. The number of nitriles is 1. The molecule has 4 aromatic rings. The Bertz CT molecular complexity index is 1540. The molecule has 0 radical (unpaired) electrons. The molecule has 2 heterocycles. The summed E-state index contributed by atoms with van der Waals surface area (Å²) in [5.74, 6) is 0.576. The Hall–Kier alpha value is -3.86. The van der Waals surface area contributed by atoms with E-state index < -0.39 is 0 Å². The van der Waals surface area contributed by atoms with Crippen molar-refractivity contribution in [3.8, 4) is 11.8 Å². The van der Waals surface area contributed by atoms with Gasteiger partial charge in [0.15, 0.2) is 4.32 Å². The first-order chi connectivity index (χ1) is 17.0. The van der Waals surface area contributed by atoms with E-state index in [0.29, 0.717) is 27.0 Å². The molecule has 0 N–H and O–H groups in total.